The van der Waals surface area contributed by atoms with E-state index in [0.717, 1.165) is 12.0 Å². The van der Waals surface area contributed by atoms with Gasteiger partial charge in [-0.3, -0.25) is 0 Å². The largest absolute Gasteiger partial charge is 0.454 e. The fourth-order valence-electron chi connectivity index (χ4n) is 1.03. The van der Waals surface area contributed by atoms with Crippen molar-refractivity contribution in [3.05, 3.63) is 23.7 Å². The van der Waals surface area contributed by atoms with E-state index < -0.39 is 0 Å². The number of nitriles is 1. The molecule has 0 fully saturated rings. The highest BCUT2D eigenvalue weighted by Gasteiger charge is 2.06. The van der Waals surface area contributed by atoms with Gasteiger partial charge in [0.15, 0.2) is 0 Å². The standard InChI is InChI=1S/C9H11NO/c1-7(2)5-8-3-4-11-9(8)6-10/h3-4,7H,5H2,1-2H3. The maximum atomic E-state index is 8.58. The van der Waals surface area contributed by atoms with Gasteiger partial charge >= 0.3 is 0 Å². The Morgan fingerprint density at radius 2 is 2.36 bits per heavy atom. The number of furan rings is 1. The summed E-state index contributed by atoms with van der Waals surface area (Å²) in [6.07, 6.45) is 2.48. The molecule has 11 heavy (non-hydrogen) atoms. The summed E-state index contributed by atoms with van der Waals surface area (Å²) in [6, 6.07) is 3.87. The van der Waals surface area contributed by atoms with E-state index >= 15 is 0 Å². The number of hydrogen-bond donors (Lipinski definition) is 0. The molecule has 0 bridgehead atoms. The molecule has 0 radical (unpaired) electrons. The van der Waals surface area contributed by atoms with Crippen LogP contribution in [0.4, 0.5) is 0 Å². The normalized spacial score (nSPS) is 10.0. The van der Waals surface area contributed by atoms with Crippen molar-refractivity contribution in [2.45, 2.75) is 20.3 Å². The highest BCUT2D eigenvalue weighted by atomic mass is 16.3. The molecule has 0 aliphatic rings. The van der Waals surface area contributed by atoms with E-state index in [1.54, 1.807) is 6.26 Å². The van der Waals surface area contributed by atoms with Gasteiger partial charge < -0.3 is 4.42 Å². The van der Waals surface area contributed by atoms with Gasteiger partial charge in [-0.15, -0.1) is 0 Å². The Labute approximate surface area is 66.4 Å². The van der Waals surface area contributed by atoms with Crippen LogP contribution in [0.25, 0.3) is 0 Å². The summed E-state index contributed by atoms with van der Waals surface area (Å²) in [6.45, 7) is 4.24. The molecule has 0 saturated carbocycles. The third kappa shape index (κ3) is 1.84. The topological polar surface area (TPSA) is 36.9 Å². The summed E-state index contributed by atoms with van der Waals surface area (Å²) in [5, 5.41) is 8.58. The molecule has 0 aliphatic carbocycles. The second kappa shape index (κ2) is 3.25. The van der Waals surface area contributed by atoms with Crippen LogP contribution in [-0.4, -0.2) is 0 Å². The average Bonchev–Trinajstić information content (AvgIpc) is 2.34. The van der Waals surface area contributed by atoms with E-state index in [4.69, 9.17) is 9.68 Å². The third-order valence-corrected chi connectivity index (χ3v) is 1.48. The van der Waals surface area contributed by atoms with Crippen molar-refractivity contribution < 1.29 is 4.42 Å². The molecule has 58 valence electrons. The van der Waals surface area contributed by atoms with Crippen molar-refractivity contribution >= 4 is 0 Å². The van der Waals surface area contributed by atoms with Gasteiger partial charge in [-0.25, -0.2) is 0 Å². The van der Waals surface area contributed by atoms with Crippen molar-refractivity contribution in [1.82, 2.24) is 0 Å². The van der Waals surface area contributed by atoms with Gasteiger partial charge in [-0.1, -0.05) is 13.8 Å². The first kappa shape index (κ1) is 7.87. The van der Waals surface area contributed by atoms with Gasteiger partial charge in [0.1, 0.15) is 6.07 Å². The van der Waals surface area contributed by atoms with Crippen molar-refractivity contribution in [1.29, 1.82) is 5.26 Å². The highest BCUT2D eigenvalue weighted by Crippen LogP contribution is 2.13. The first-order chi connectivity index (χ1) is 5.24. The van der Waals surface area contributed by atoms with E-state index in [2.05, 4.69) is 13.8 Å². The number of hydrogen-bond acceptors (Lipinski definition) is 2. The molecule has 0 amide bonds. The van der Waals surface area contributed by atoms with Crippen LogP contribution in [0.15, 0.2) is 16.7 Å². The van der Waals surface area contributed by atoms with Gasteiger partial charge in [0.2, 0.25) is 5.76 Å². The van der Waals surface area contributed by atoms with Gasteiger partial charge in [0.25, 0.3) is 0 Å². The minimum absolute atomic E-state index is 0.457. The summed E-state index contributed by atoms with van der Waals surface area (Å²) in [5.41, 5.74) is 1.02. The second-order valence-electron chi connectivity index (χ2n) is 2.98. The molecular formula is C9H11NO. The van der Waals surface area contributed by atoms with E-state index in [-0.39, 0.29) is 0 Å². The molecule has 1 aromatic heterocycles. The predicted molar refractivity (Wildman–Crippen MR) is 42.0 cm³/mol. The zero-order valence-corrected chi connectivity index (χ0v) is 6.79. The molecule has 2 heteroatoms. The molecule has 1 heterocycles. The zero-order valence-electron chi connectivity index (χ0n) is 6.79. The molecular weight excluding hydrogens is 138 g/mol. The molecule has 0 unspecified atom stereocenters. The summed E-state index contributed by atoms with van der Waals surface area (Å²) in [4.78, 5) is 0. The summed E-state index contributed by atoms with van der Waals surface area (Å²) in [5.74, 6) is 1.03. The molecule has 0 aliphatic heterocycles. The van der Waals surface area contributed by atoms with Gasteiger partial charge in [-0.2, -0.15) is 5.26 Å². The van der Waals surface area contributed by atoms with Crippen molar-refractivity contribution in [3.8, 4) is 6.07 Å². The van der Waals surface area contributed by atoms with Crippen LogP contribution in [-0.2, 0) is 6.42 Å². The lowest BCUT2D eigenvalue weighted by Crippen LogP contribution is -1.93. The monoisotopic (exact) mass is 149 g/mol. The third-order valence-electron chi connectivity index (χ3n) is 1.48. The zero-order chi connectivity index (χ0) is 8.27. The fourth-order valence-corrected chi connectivity index (χ4v) is 1.03. The second-order valence-corrected chi connectivity index (χ2v) is 2.98. The lowest BCUT2D eigenvalue weighted by molar-refractivity contribution is 0.542. The molecule has 0 spiro atoms. The van der Waals surface area contributed by atoms with Crippen LogP contribution >= 0.6 is 0 Å². The maximum Gasteiger partial charge on any atom is 0.206 e. The van der Waals surface area contributed by atoms with Crippen molar-refractivity contribution in [3.63, 3.8) is 0 Å². The Morgan fingerprint density at radius 1 is 1.64 bits per heavy atom. The molecule has 2 nitrogen and oxygen atoms in total. The highest BCUT2D eigenvalue weighted by molar-refractivity contribution is 5.28. The quantitative estimate of drug-likeness (QED) is 0.647. The molecule has 0 N–H and O–H groups in total. The van der Waals surface area contributed by atoms with Crippen molar-refractivity contribution in [2.24, 2.45) is 5.92 Å². The van der Waals surface area contributed by atoms with Gasteiger partial charge in [0, 0.05) is 5.56 Å². The molecule has 1 aromatic rings. The summed E-state index contributed by atoms with van der Waals surface area (Å²) < 4.78 is 4.95. The summed E-state index contributed by atoms with van der Waals surface area (Å²) in [7, 11) is 0. The first-order valence-electron chi connectivity index (χ1n) is 3.70. The van der Waals surface area contributed by atoms with E-state index in [1.807, 2.05) is 12.1 Å². The molecule has 1 rings (SSSR count). The Morgan fingerprint density at radius 3 is 2.91 bits per heavy atom. The van der Waals surface area contributed by atoms with Crippen molar-refractivity contribution in [2.75, 3.05) is 0 Å². The summed E-state index contributed by atoms with van der Waals surface area (Å²) >= 11 is 0. The Hall–Kier alpha value is -1.23. The average molecular weight is 149 g/mol. The minimum Gasteiger partial charge on any atom is -0.454 e. The lowest BCUT2D eigenvalue weighted by atomic mass is 10.0. The smallest absolute Gasteiger partial charge is 0.206 e. The van der Waals surface area contributed by atoms with Crippen LogP contribution in [0.1, 0.15) is 25.2 Å². The van der Waals surface area contributed by atoms with E-state index in [1.165, 1.54) is 0 Å². The SMILES string of the molecule is CC(C)Cc1ccoc1C#N. The van der Waals surface area contributed by atoms with Gasteiger partial charge in [-0.05, 0) is 18.4 Å². The van der Waals surface area contributed by atoms with Crippen LogP contribution in [0.2, 0.25) is 0 Å². The maximum absolute atomic E-state index is 8.58. The lowest BCUT2D eigenvalue weighted by Gasteiger charge is -1.99. The molecule has 0 saturated heterocycles. The first-order valence-corrected chi connectivity index (χ1v) is 3.70. The minimum atomic E-state index is 0.457. The van der Waals surface area contributed by atoms with Crippen LogP contribution in [0.3, 0.4) is 0 Å². The van der Waals surface area contributed by atoms with E-state index in [9.17, 15) is 0 Å². The Balaban J connectivity index is 2.79. The van der Waals surface area contributed by atoms with Crippen LogP contribution < -0.4 is 0 Å². The predicted octanol–water partition coefficient (Wildman–Crippen LogP) is 2.35. The Kier molecular flexibility index (Phi) is 2.32. The van der Waals surface area contributed by atoms with Gasteiger partial charge in [0.05, 0.1) is 6.26 Å². The molecule has 0 aromatic carbocycles. The number of rotatable bonds is 2. The van der Waals surface area contributed by atoms with Crippen LogP contribution in [0, 0.1) is 17.2 Å². The number of nitrogens with zero attached hydrogens (tertiary/aromatic N) is 1. The Bertz CT molecular complexity index is 267. The van der Waals surface area contributed by atoms with Crippen LogP contribution in [0.5, 0.6) is 0 Å². The van der Waals surface area contributed by atoms with E-state index in [0.29, 0.717) is 11.7 Å². The fraction of sp³-hybridized carbons (Fsp3) is 0.444. The molecule has 0 atom stereocenters.